The molecule has 0 aliphatic heterocycles. The molecule has 1 aliphatic rings. The van der Waals surface area contributed by atoms with Gasteiger partial charge in [-0.15, -0.1) is 0 Å². The summed E-state index contributed by atoms with van der Waals surface area (Å²) in [5.74, 6) is 0.767. The number of benzene rings is 1. The molecule has 1 saturated carbocycles. The van der Waals surface area contributed by atoms with Crippen LogP contribution >= 0.6 is 11.8 Å². The fourth-order valence-corrected chi connectivity index (χ4v) is 4.22. The first-order valence-electron chi connectivity index (χ1n) is 10.0. The van der Waals surface area contributed by atoms with E-state index in [1.807, 2.05) is 6.26 Å². The molecule has 0 bridgehead atoms. The van der Waals surface area contributed by atoms with Crippen LogP contribution in [0.2, 0.25) is 0 Å². The molecule has 1 aromatic heterocycles. The molecule has 1 fully saturated rings. The van der Waals surface area contributed by atoms with Crippen molar-refractivity contribution in [2.24, 2.45) is 0 Å². The van der Waals surface area contributed by atoms with Crippen LogP contribution < -0.4 is 4.90 Å². The fraction of sp³-hybridized carbons (Fsp3) is 0.522. The minimum absolute atomic E-state index is 0.0963. The molecule has 0 saturated heterocycles. The van der Waals surface area contributed by atoms with Crippen molar-refractivity contribution in [1.29, 1.82) is 5.26 Å². The lowest BCUT2D eigenvalue weighted by atomic mass is 9.86. The average molecular weight is 395 g/mol. The number of aromatic nitrogens is 2. The Morgan fingerprint density at radius 1 is 1.07 bits per heavy atom. The van der Waals surface area contributed by atoms with Crippen molar-refractivity contribution in [1.82, 2.24) is 9.97 Å². The summed E-state index contributed by atoms with van der Waals surface area (Å²) < 4.78 is 0. The van der Waals surface area contributed by atoms with E-state index < -0.39 is 0 Å². The van der Waals surface area contributed by atoms with Crippen LogP contribution in [0.25, 0.3) is 11.3 Å². The summed E-state index contributed by atoms with van der Waals surface area (Å²) >= 11 is 1.52. The molecule has 1 aromatic carbocycles. The lowest BCUT2D eigenvalue weighted by Gasteiger charge is -2.33. The van der Waals surface area contributed by atoms with Gasteiger partial charge in [0.1, 0.15) is 11.6 Å². The first-order chi connectivity index (χ1) is 13.3. The second kappa shape index (κ2) is 8.53. The van der Waals surface area contributed by atoms with E-state index in [9.17, 15) is 5.26 Å². The molecule has 0 unspecified atom stereocenters. The van der Waals surface area contributed by atoms with Crippen LogP contribution in [0.15, 0.2) is 29.4 Å². The lowest BCUT2D eigenvalue weighted by Crippen LogP contribution is -2.34. The van der Waals surface area contributed by atoms with Crippen molar-refractivity contribution in [3.05, 3.63) is 35.4 Å². The fourth-order valence-electron chi connectivity index (χ4n) is 3.86. The third-order valence-corrected chi connectivity index (χ3v) is 6.19. The zero-order valence-corrected chi connectivity index (χ0v) is 18.4. The third kappa shape index (κ3) is 4.33. The quantitative estimate of drug-likeness (QED) is 0.484. The summed E-state index contributed by atoms with van der Waals surface area (Å²) in [4.78, 5) is 11.7. The van der Waals surface area contributed by atoms with Crippen LogP contribution in [0.5, 0.6) is 0 Å². The number of rotatable bonds is 4. The van der Waals surface area contributed by atoms with Crippen LogP contribution in [-0.4, -0.2) is 29.3 Å². The van der Waals surface area contributed by atoms with E-state index in [2.05, 4.69) is 63.1 Å². The second-order valence-corrected chi connectivity index (χ2v) is 9.37. The molecule has 0 atom stereocenters. The van der Waals surface area contributed by atoms with Gasteiger partial charge < -0.3 is 4.90 Å². The molecule has 0 radical (unpaired) electrons. The van der Waals surface area contributed by atoms with E-state index in [-0.39, 0.29) is 5.41 Å². The maximum Gasteiger partial charge on any atom is 0.189 e. The van der Waals surface area contributed by atoms with Crippen LogP contribution in [0.4, 0.5) is 5.82 Å². The smallest absolute Gasteiger partial charge is 0.189 e. The number of hydrogen-bond donors (Lipinski definition) is 0. The predicted octanol–water partition coefficient (Wildman–Crippen LogP) is 5.80. The summed E-state index contributed by atoms with van der Waals surface area (Å²) in [5, 5.41) is 10.7. The maximum absolute atomic E-state index is 9.99. The van der Waals surface area contributed by atoms with E-state index in [0.29, 0.717) is 16.8 Å². The van der Waals surface area contributed by atoms with Crippen molar-refractivity contribution >= 4 is 17.6 Å². The van der Waals surface area contributed by atoms with Crippen molar-refractivity contribution in [2.75, 3.05) is 18.2 Å². The van der Waals surface area contributed by atoms with Gasteiger partial charge in [-0.05, 0) is 30.1 Å². The Balaban J connectivity index is 2.07. The Bertz CT molecular complexity index is 856. The summed E-state index contributed by atoms with van der Waals surface area (Å²) in [5.41, 5.74) is 3.65. The van der Waals surface area contributed by atoms with Gasteiger partial charge in [0.2, 0.25) is 0 Å². The monoisotopic (exact) mass is 394 g/mol. The van der Waals surface area contributed by atoms with Crippen LogP contribution in [-0.2, 0) is 5.41 Å². The molecule has 0 spiro atoms. The van der Waals surface area contributed by atoms with Crippen molar-refractivity contribution in [3.8, 4) is 17.3 Å². The predicted molar refractivity (Wildman–Crippen MR) is 118 cm³/mol. The molecule has 3 rings (SSSR count). The van der Waals surface area contributed by atoms with Gasteiger partial charge in [-0.25, -0.2) is 9.97 Å². The molecule has 1 heterocycles. The van der Waals surface area contributed by atoms with E-state index in [1.54, 1.807) is 0 Å². The number of hydrogen-bond acceptors (Lipinski definition) is 5. The first-order valence-corrected chi connectivity index (χ1v) is 11.3. The Morgan fingerprint density at radius 2 is 1.71 bits per heavy atom. The average Bonchev–Trinajstić information content (AvgIpc) is 2.72. The van der Waals surface area contributed by atoms with E-state index in [0.717, 1.165) is 29.9 Å². The molecule has 0 amide bonds. The minimum atomic E-state index is 0.0963. The molecular formula is C23H30N4S. The summed E-state index contributed by atoms with van der Waals surface area (Å²) in [6.07, 6.45) is 8.11. The van der Waals surface area contributed by atoms with Crippen LogP contribution in [0.1, 0.15) is 64.0 Å². The standard InChI is InChI=1S/C23H30N4S/c1-23(2,3)17-13-11-16(12-14-17)20-19(15-24)21(26-22(25-20)28-5)27(4)18-9-7-6-8-10-18/h11-14,18H,6-10H2,1-5H3. The normalized spacial score (nSPS) is 15.3. The highest BCUT2D eigenvalue weighted by atomic mass is 32.2. The number of nitrogens with zero attached hydrogens (tertiary/aromatic N) is 4. The first kappa shape index (κ1) is 20.7. The van der Waals surface area contributed by atoms with Crippen LogP contribution in [0, 0.1) is 11.3 Å². The molecule has 2 aromatic rings. The highest BCUT2D eigenvalue weighted by molar-refractivity contribution is 7.98. The Labute approximate surface area is 173 Å². The highest BCUT2D eigenvalue weighted by Gasteiger charge is 2.25. The highest BCUT2D eigenvalue weighted by Crippen LogP contribution is 2.34. The molecular weight excluding hydrogens is 364 g/mol. The van der Waals surface area contributed by atoms with Crippen molar-refractivity contribution in [2.45, 2.75) is 69.5 Å². The number of anilines is 1. The molecule has 148 valence electrons. The van der Waals surface area contributed by atoms with Gasteiger partial charge in [-0.2, -0.15) is 5.26 Å². The number of thioether (sulfide) groups is 1. The lowest BCUT2D eigenvalue weighted by molar-refractivity contribution is 0.425. The van der Waals surface area contributed by atoms with Crippen LogP contribution in [0.3, 0.4) is 0 Å². The Kier molecular flexibility index (Phi) is 6.30. The van der Waals surface area contributed by atoms with Gasteiger partial charge in [0.05, 0.1) is 5.69 Å². The zero-order valence-electron chi connectivity index (χ0n) is 17.6. The number of nitriles is 1. The van der Waals surface area contributed by atoms with Gasteiger partial charge in [-0.1, -0.05) is 76.1 Å². The van der Waals surface area contributed by atoms with Crippen molar-refractivity contribution in [3.63, 3.8) is 0 Å². The van der Waals surface area contributed by atoms with Gasteiger partial charge in [0.15, 0.2) is 11.0 Å². The van der Waals surface area contributed by atoms with Gasteiger partial charge in [-0.3, -0.25) is 0 Å². The SMILES string of the molecule is CSc1nc(-c2ccc(C(C)(C)C)cc2)c(C#N)c(N(C)C2CCCCC2)n1. The Hall–Kier alpha value is -2.06. The second-order valence-electron chi connectivity index (χ2n) is 8.60. The molecule has 0 N–H and O–H groups in total. The van der Waals surface area contributed by atoms with Gasteiger partial charge >= 0.3 is 0 Å². The summed E-state index contributed by atoms with van der Waals surface area (Å²) in [6, 6.07) is 11.3. The third-order valence-electron chi connectivity index (χ3n) is 5.64. The minimum Gasteiger partial charge on any atom is -0.355 e. The molecule has 5 heteroatoms. The maximum atomic E-state index is 9.99. The summed E-state index contributed by atoms with van der Waals surface area (Å²) in [7, 11) is 2.08. The topological polar surface area (TPSA) is 52.8 Å². The zero-order chi connectivity index (χ0) is 20.3. The Morgan fingerprint density at radius 3 is 2.25 bits per heavy atom. The van der Waals surface area contributed by atoms with Crippen molar-refractivity contribution < 1.29 is 0 Å². The largest absolute Gasteiger partial charge is 0.355 e. The van der Waals surface area contributed by atoms with Gasteiger partial charge in [0, 0.05) is 18.7 Å². The molecule has 4 nitrogen and oxygen atoms in total. The van der Waals surface area contributed by atoms with E-state index >= 15 is 0 Å². The molecule has 1 aliphatic carbocycles. The van der Waals surface area contributed by atoms with E-state index in [1.165, 1.54) is 36.6 Å². The summed E-state index contributed by atoms with van der Waals surface area (Å²) in [6.45, 7) is 6.61. The molecule has 28 heavy (non-hydrogen) atoms. The van der Waals surface area contributed by atoms with E-state index in [4.69, 9.17) is 9.97 Å². The van der Waals surface area contributed by atoms with Gasteiger partial charge in [0.25, 0.3) is 0 Å².